The first-order valence-electron chi connectivity index (χ1n) is 8.03. The molecule has 3 aliphatic rings. The molecule has 9 heteroatoms. The fourth-order valence-electron chi connectivity index (χ4n) is 2.90. The van der Waals surface area contributed by atoms with E-state index in [1.807, 2.05) is 0 Å². The van der Waals surface area contributed by atoms with Crippen LogP contribution < -0.4 is 16.0 Å². The second-order valence-corrected chi connectivity index (χ2v) is 7.86. The highest BCUT2D eigenvalue weighted by Crippen LogP contribution is 2.40. The van der Waals surface area contributed by atoms with Gasteiger partial charge in [0.1, 0.15) is 16.5 Å². The van der Waals surface area contributed by atoms with Crippen molar-refractivity contribution < 1.29 is 17.5 Å². The first-order chi connectivity index (χ1) is 11.5. The zero-order valence-corrected chi connectivity index (χ0v) is 13.8. The topological polar surface area (TPSA) is 91.8 Å². The zero-order chi connectivity index (χ0) is 16.7. The van der Waals surface area contributed by atoms with E-state index in [2.05, 4.69) is 20.3 Å². The highest BCUT2D eigenvalue weighted by molar-refractivity contribution is 7.90. The van der Waals surface area contributed by atoms with E-state index in [-0.39, 0.29) is 16.9 Å². The summed E-state index contributed by atoms with van der Waals surface area (Å²) in [7, 11) is -3.88. The highest BCUT2D eigenvalue weighted by Gasteiger charge is 2.35. The second kappa shape index (κ2) is 5.98. The van der Waals surface area contributed by atoms with Gasteiger partial charge in [-0.1, -0.05) is 0 Å². The summed E-state index contributed by atoms with van der Waals surface area (Å²) in [4.78, 5) is -0.123. The number of hydrogen-bond acceptors (Lipinski definition) is 6. The van der Waals surface area contributed by atoms with E-state index in [1.165, 1.54) is 6.07 Å². The molecular formula is C15H19FN4O3S. The fourth-order valence-corrected chi connectivity index (χ4v) is 4.13. The second-order valence-electron chi connectivity index (χ2n) is 6.28. The van der Waals surface area contributed by atoms with Crippen molar-refractivity contribution in [1.29, 1.82) is 0 Å². The molecule has 2 heterocycles. The van der Waals surface area contributed by atoms with Crippen LogP contribution in [-0.2, 0) is 14.8 Å². The summed E-state index contributed by atoms with van der Waals surface area (Å²) in [6.45, 7) is 2.50. The first kappa shape index (κ1) is 15.8. The molecule has 1 aromatic rings. The van der Waals surface area contributed by atoms with Crippen LogP contribution >= 0.6 is 0 Å². The third-order valence-corrected chi connectivity index (χ3v) is 5.63. The molecular weight excluding hydrogens is 335 g/mol. The number of halogens is 1. The molecule has 130 valence electrons. The molecule has 1 saturated heterocycles. The van der Waals surface area contributed by atoms with Crippen LogP contribution in [0, 0.1) is 11.7 Å². The lowest BCUT2D eigenvalue weighted by molar-refractivity contribution is 0.0806. The normalized spacial score (nSPS) is 25.4. The summed E-state index contributed by atoms with van der Waals surface area (Å²) < 4.78 is 47.8. The van der Waals surface area contributed by atoms with Crippen molar-refractivity contribution in [2.75, 3.05) is 36.9 Å². The molecule has 0 bridgehead atoms. The Morgan fingerprint density at radius 2 is 2.21 bits per heavy atom. The van der Waals surface area contributed by atoms with Crippen molar-refractivity contribution in [2.24, 2.45) is 10.3 Å². The van der Waals surface area contributed by atoms with Crippen molar-refractivity contribution in [3.05, 3.63) is 17.9 Å². The van der Waals surface area contributed by atoms with Gasteiger partial charge in [-0.2, -0.15) is 8.42 Å². The molecule has 1 saturated carbocycles. The number of benzene rings is 1. The Kier molecular flexibility index (Phi) is 3.93. The average Bonchev–Trinajstić information content (AvgIpc) is 3.39. The quantitative estimate of drug-likeness (QED) is 0.751. The van der Waals surface area contributed by atoms with E-state index >= 15 is 0 Å². The van der Waals surface area contributed by atoms with Crippen LogP contribution in [0.2, 0.25) is 0 Å². The predicted octanol–water partition coefficient (Wildman–Crippen LogP) is 1.15. The van der Waals surface area contributed by atoms with Gasteiger partial charge in [-0.25, -0.2) is 4.39 Å². The molecule has 3 N–H and O–H groups in total. The summed E-state index contributed by atoms with van der Waals surface area (Å²) in [5.74, 6) is -0.00456. The Morgan fingerprint density at radius 1 is 1.38 bits per heavy atom. The Labute approximate surface area is 139 Å². The molecule has 0 radical (unpaired) electrons. The van der Waals surface area contributed by atoms with E-state index in [0.29, 0.717) is 37.0 Å². The maximum atomic E-state index is 13.9. The molecule has 4 rings (SSSR count). The van der Waals surface area contributed by atoms with E-state index in [0.717, 1.165) is 25.5 Å². The Bertz CT molecular complexity index is 786. The molecule has 1 unspecified atom stereocenters. The maximum absolute atomic E-state index is 13.9. The molecule has 1 aliphatic carbocycles. The largest absolute Gasteiger partial charge is 0.382 e. The summed E-state index contributed by atoms with van der Waals surface area (Å²) in [6, 6.07) is 2.41. The lowest BCUT2D eigenvalue weighted by atomic mass is 10.2. The molecule has 0 aromatic heterocycles. The van der Waals surface area contributed by atoms with Crippen LogP contribution in [0.4, 0.5) is 15.8 Å². The van der Waals surface area contributed by atoms with Gasteiger partial charge >= 0.3 is 0 Å². The van der Waals surface area contributed by atoms with Crippen LogP contribution in [0.15, 0.2) is 21.4 Å². The van der Waals surface area contributed by atoms with Crippen LogP contribution in [0.1, 0.15) is 12.8 Å². The molecule has 7 nitrogen and oxygen atoms in total. The van der Waals surface area contributed by atoms with Crippen molar-refractivity contribution in [1.82, 2.24) is 5.32 Å². The van der Waals surface area contributed by atoms with Crippen molar-refractivity contribution in [3.8, 4) is 0 Å². The average molecular weight is 354 g/mol. The van der Waals surface area contributed by atoms with E-state index in [4.69, 9.17) is 4.74 Å². The number of nitrogens with one attached hydrogen (secondary N) is 3. The standard InChI is InChI=1S/C15H19FN4O3S/c16-10-5-12(18-7-11-8-23-4-3-17-11)14-13(6-10)24(21,22)20-15(19-14)9-1-2-9/h5-6,9,11,17-18H,1-4,7-8H2,(H,19,20). The van der Waals surface area contributed by atoms with Crippen molar-refractivity contribution in [2.45, 2.75) is 23.8 Å². The van der Waals surface area contributed by atoms with Gasteiger partial charge < -0.3 is 20.7 Å². The van der Waals surface area contributed by atoms with Gasteiger partial charge in [0.15, 0.2) is 0 Å². The Hall–Kier alpha value is -1.71. The van der Waals surface area contributed by atoms with E-state index in [1.54, 1.807) is 0 Å². The molecule has 0 amide bonds. The van der Waals surface area contributed by atoms with Crippen LogP contribution in [-0.4, -0.2) is 46.6 Å². The lowest BCUT2D eigenvalue weighted by Gasteiger charge is -2.26. The summed E-state index contributed by atoms with van der Waals surface area (Å²) in [6.07, 6.45) is 1.84. The number of anilines is 2. The molecule has 0 spiro atoms. The van der Waals surface area contributed by atoms with Crippen molar-refractivity contribution in [3.63, 3.8) is 0 Å². The summed E-state index contributed by atoms with van der Waals surface area (Å²) in [5.41, 5.74) is 0.805. The smallest absolute Gasteiger partial charge is 0.286 e. The van der Waals surface area contributed by atoms with Crippen LogP contribution in [0.3, 0.4) is 0 Å². The summed E-state index contributed by atoms with van der Waals surface area (Å²) in [5, 5.41) is 9.52. The third-order valence-electron chi connectivity index (χ3n) is 4.32. The Morgan fingerprint density at radius 3 is 2.92 bits per heavy atom. The molecule has 1 aromatic carbocycles. The van der Waals surface area contributed by atoms with Crippen molar-refractivity contribution >= 4 is 27.2 Å². The first-order valence-corrected chi connectivity index (χ1v) is 9.47. The number of amidine groups is 1. The third kappa shape index (κ3) is 3.11. The van der Waals surface area contributed by atoms with Crippen LogP contribution in [0.25, 0.3) is 0 Å². The summed E-state index contributed by atoms with van der Waals surface area (Å²) >= 11 is 0. The molecule has 24 heavy (non-hydrogen) atoms. The van der Waals surface area contributed by atoms with Gasteiger partial charge in [-0.05, 0) is 25.0 Å². The minimum atomic E-state index is -3.88. The SMILES string of the molecule is O=S1(=O)N=C(C2CC2)Nc2c(NCC3COCCN3)cc(F)cc21. The molecule has 2 fully saturated rings. The molecule has 2 aliphatic heterocycles. The highest BCUT2D eigenvalue weighted by atomic mass is 32.2. The number of morpholine rings is 1. The monoisotopic (exact) mass is 354 g/mol. The Balaban J connectivity index is 1.63. The van der Waals surface area contributed by atoms with Gasteiger partial charge in [0, 0.05) is 25.0 Å². The van der Waals surface area contributed by atoms with E-state index in [9.17, 15) is 12.8 Å². The number of nitrogens with zero attached hydrogens (tertiary/aromatic N) is 1. The van der Waals surface area contributed by atoms with Gasteiger partial charge in [-0.15, -0.1) is 4.40 Å². The lowest BCUT2D eigenvalue weighted by Crippen LogP contribution is -2.45. The van der Waals surface area contributed by atoms with Gasteiger partial charge in [0.25, 0.3) is 10.0 Å². The number of fused-ring (bicyclic) bond motifs is 1. The number of rotatable bonds is 4. The predicted molar refractivity (Wildman–Crippen MR) is 88.5 cm³/mol. The minimum absolute atomic E-state index is 0.0921. The number of hydrogen-bond donors (Lipinski definition) is 3. The minimum Gasteiger partial charge on any atom is -0.382 e. The fraction of sp³-hybridized carbons (Fsp3) is 0.533. The zero-order valence-electron chi connectivity index (χ0n) is 13.0. The maximum Gasteiger partial charge on any atom is 0.286 e. The van der Waals surface area contributed by atoms with Gasteiger partial charge in [-0.3, -0.25) is 0 Å². The van der Waals surface area contributed by atoms with E-state index < -0.39 is 15.8 Å². The van der Waals surface area contributed by atoms with Gasteiger partial charge in [0.2, 0.25) is 0 Å². The number of ether oxygens (including phenoxy) is 1. The number of sulfonamides is 1. The van der Waals surface area contributed by atoms with Crippen LogP contribution in [0.5, 0.6) is 0 Å². The molecule has 1 atom stereocenters. The van der Waals surface area contributed by atoms with Gasteiger partial charge in [0.05, 0.1) is 24.6 Å².